The summed E-state index contributed by atoms with van der Waals surface area (Å²) >= 11 is 3.39. The van der Waals surface area contributed by atoms with Crippen molar-refractivity contribution < 1.29 is 0 Å². The van der Waals surface area contributed by atoms with Crippen molar-refractivity contribution in [1.82, 2.24) is 15.2 Å². The highest BCUT2D eigenvalue weighted by Gasteiger charge is 2.09. The van der Waals surface area contributed by atoms with E-state index in [-0.39, 0.29) is 0 Å². The number of halogens is 1. The van der Waals surface area contributed by atoms with Crippen LogP contribution in [0.15, 0.2) is 40.3 Å². The van der Waals surface area contributed by atoms with Crippen LogP contribution in [0.25, 0.3) is 0 Å². The van der Waals surface area contributed by atoms with Gasteiger partial charge in [-0.05, 0) is 28.1 Å². The molecule has 0 saturated carbocycles. The molecule has 0 bridgehead atoms. The Morgan fingerprint density at radius 2 is 2.47 bits per heavy atom. The van der Waals surface area contributed by atoms with E-state index in [1.807, 2.05) is 25.4 Å². The summed E-state index contributed by atoms with van der Waals surface area (Å²) in [5.74, 6) is 0.903. The molecule has 1 aliphatic heterocycles. The van der Waals surface area contributed by atoms with Gasteiger partial charge in [0.25, 0.3) is 0 Å². The summed E-state index contributed by atoms with van der Waals surface area (Å²) in [5, 5.41) is 3.15. The average Bonchev–Trinajstić information content (AvgIpc) is 2.17. The topological polar surface area (TPSA) is 40.5 Å². The minimum Gasteiger partial charge on any atom is -0.371 e. The maximum absolute atomic E-state index is 4.45. The lowest BCUT2D eigenvalue weighted by Gasteiger charge is -2.22. The van der Waals surface area contributed by atoms with Gasteiger partial charge in [-0.25, -0.2) is 4.99 Å². The van der Waals surface area contributed by atoms with Crippen LogP contribution in [0.3, 0.4) is 0 Å². The molecule has 1 aromatic rings. The second kappa shape index (κ2) is 4.44. The van der Waals surface area contributed by atoms with Crippen molar-refractivity contribution in [1.29, 1.82) is 0 Å². The number of rotatable bonds is 1. The molecule has 0 spiro atoms. The quantitative estimate of drug-likeness (QED) is 0.789. The number of amidine groups is 1. The van der Waals surface area contributed by atoms with E-state index >= 15 is 0 Å². The molecular weight excluding hydrogens is 256 g/mol. The Hall–Kier alpha value is -1.36. The molecule has 1 aromatic heterocycles. The Kier molecular flexibility index (Phi) is 3.01. The summed E-state index contributed by atoms with van der Waals surface area (Å²) in [5.41, 5.74) is 0.857. The molecule has 15 heavy (non-hydrogen) atoms. The minimum absolute atomic E-state index is 0.768. The van der Waals surface area contributed by atoms with Gasteiger partial charge in [0.05, 0.1) is 23.0 Å². The van der Waals surface area contributed by atoms with E-state index < -0.39 is 0 Å². The number of aliphatic imine (C=N–C) groups is 1. The van der Waals surface area contributed by atoms with Crippen molar-refractivity contribution in [2.75, 3.05) is 13.6 Å². The fourth-order valence-electron chi connectivity index (χ4n) is 1.32. The summed E-state index contributed by atoms with van der Waals surface area (Å²) in [7, 11) is 2.00. The van der Waals surface area contributed by atoms with Gasteiger partial charge in [-0.1, -0.05) is 0 Å². The number of hydrogen-bond acceptors (Lipinski definition) is 3. The Morgan fingerprint density at radius 3 is 3.13 bits per heavy atom. The summed E-state index contributed by atoms with van der Waals surface area (Å²) < 4.78 is 0.916. The molecular formula is C10H11BrN4. The van der Waals surface area contributed by atoms with Gasteiger partial charge in [0.15, 0.2) is 0 Å². The van der Waals surface area contributed by atoms with E-state index in [2.05, 4.69) is 36.1 Å². The largest absolute Gasteiger partial charge is 0.371 e. The smallest absolute Gasteiger partial charge is 0.127 e. The summed E-state index contributed by atoms with van der Waals surface area (Å²) in [6, 6.07) is 3.80. The number of aromatic nitrogens is 1. The van der Waals surface area contributed by atoms with Crippen molar-refractivity contribution in [3.05, 3.63) is 35.3 Å². The first-order chi connectivity index (χ1) is 7.24. The maximum atomic E-state index is 4.45. The SMILES string of the molecule is CN1C=C(Br)NC(=Nc2cccnc2)C1. The van der Waals surface area contributed by atoms with Crippen molar-refractivity contribution in [3.8, 4) is 0 Å². The first-order valence-electron chi connectivity index (χ1n) is 4.56. The van der Waals surface area contributed by atoms with E-state index in [0.29, 0.717) is 0 Å². The Bertz CT molecular complexity index is 399. The lowest BCUT2D eigenvalue weighted by atomic mass is 10.4. The first kappa shape index (κ1) is 10.2. The molecule has 0 saturated heterocycles. The fraction of sp³-hybridized carbons (Fsp3) is 0.200. The van der Waals surface area contributed by atoms with E-state index in [1.54, 1.807) is 12.4 Å². The third kappa shape index (κ3) is 2.79. The molecule has 78 valence electrons. The van der Waals surface area contributed by atoms with Gasteiger partial charge < -0.3 is 10.2 Å². The second-order valence-corrected chi connectivity index (χ2v) is 4.14. The standard InChI is InChI=1S/C10H11BrN4/c1-15-6-9(11)14-10(7-15)13-8-3-2-4-12-5-8/h2-6H,7H2,1H3,(H,13,14). The highest BCUT2D eigenvalue weighted by Crippen LogP contribution is 2.12. The molecule has 5 heteroatoms. The van der Waals surface area contributed by atoms with Crippen LogP contribution in [0.5, 0.6) is 0 Å². The van der Waals surface area contributed by atoms with Crippen molar-refractivity contribution in [2.24, 2.45) is 4.99 Å². The van der Waals surface area contributed by atoms with E-state index in [1.165, 1.54) is 0 Å². The van der Waals surface area contributed by atoms with Gasteiger partial charge in [0, 0.05) is 19.4 Å². The van der Waals surface area contributed by atoms with Crippen molar-refractivity contribution >= 4 is 27.5 Å². The predicted octanol–water partition coefficient (Wildman–Crippen LogP) is 1.84. The van der Waals surface area contributed by atoms with Gasteiger partial charge in [0.2, 0.25) is 0 Å². The molecule has 0 fully saturated rings. The third-order valence-electron chi connectivity index (χ3n) is 1.91. The Morgan fingerprint density at radius 1 is 1.60 bits per heavy atom. The molecule has 0 aliphatic carbocycles. The molecule has 2 heterocycles. The average molecular weight is 267 g/mol. The zero-order valence-electron chi connectivity index (χ0n) is 8.31. The molecule has 0 amide bonds. The normalized spacial score (nSPS) is 18.7. The fourth-order valence-corrected chi connectivity index (χ4v) is 1.90. The lowest BCUT2D eigenvalue weighted by molar-refractivity contribution is 0.505. The molecule has 1 N–H and O–H groups in total. The molecule has 0 atom stereocenters. The lowest BCUT2D eigenvalue weighted by Crippen LogP contribution is -2.36. The second-order valence-electron chi connectivity index (χ2n) is 3.29. The van der Waals surface area contributed by atoms with Crippen LogP contribution in [-0.4, -0.2) is 29.3 Å². The Labute approximate surface area is 96.9 Å². The van der Waals surface area contributed by atoms with Crippen LogP contribution in [-0.2, 0) is 0 Å². The monoisotopic (exact) mass is 266 g/mol. The summed E-state index contributed by atoms with van der Waals surface area (Å²) in [6.45, 7) is 0.768. The molecule has 2 rings (SSSR count). The number of hydrogen-bond donors (Lipinski definition) is 1. The number of nitrogens with one attached hydrogen (secondary N) is 1. The highest BCUT2D eigenvalue weighted by molar-refractivity contribution is 9.11. The van der Waals surface area contributed by atoms with Crippen molar-refractivity contribution in [2.45, 2.75) is 0 Å². The molecule has 0 radical (unpaired) electrons. The van der Waals surface area contributed by atoms with Crippen LogP contribution in [0.1, 0.15) is 0 Å². The van der Waals surface area contributed by atoms with Crippen LogP contribution >= 0.6 is 15.9 Å². The maximum Gasteiger partial charge on any atom is 0.127 e. The summed E-state index contributed by atoms with van der Waals surface area (Å²) in [6.07, 6.45) is 5.45. The van der Waals surface area contributed by atoms with Crippen LogP contribution < -0.4 is 5.32 Å². The zero-order chi connectivity index (χ0) is 10.7. The molecule has 4 nitrogen and oxygen atoms in total. The van der Waals surface area contributed by atoms with Gasteiger partial charge in [-0.15, -0.1) is 0 Å². The predicted molar refractivity (Wildman–Crippen MR) is 64.1 cm³/mol. The van der Waals surface area contributed by atoms with Crippen LogP contribution in [0.2, 0.25) is 0 Å². The van der Waals surface area contributed by atoms with Crippen LogP contribution in [0.4, 0.5) is 5.69 Å². The van der Waals surface area contributed by atoms with E-state index in [0.717, 1.165) is 22.7 Å². The van der Waals surface area contributed by atoms with Crippen molar-refractivity contribution in [3.63, 3.8) is 0 Å². The van der Waals surface area contributed by atoms with Gasteiger partial charge >= 0.3 is 0 Å². The van der Waals surface area contributed by atoms with Gasteiger partial charge in [-0.2, -0.15) is 0 Å². The Balaban J connectivity index is 2.19. The highest BCUT2D eigenvalue weighted by atomic mass is 79.9. The number of pyridine rings is 1. The summed E-state index contributed by atoms with van der Waals surface area (Å²) in [4.78, 5) is 10.5. The van der Waals surface area contributed by atoms with Gasteiger partial charge in [0.1, 0.15) is 5.84 Å². The number of nitrogens with zero attached hydrogens (tertiary/aromatic N) is 3. The zero-order valence-corrected chi connectivity index (χ0v) is 9.90. The minimum atomic E-state index is 0.768. The van der Waals surface area contributed by atoms with Crippen LogP contribution in [0, 0.1) is 0 Å². The van der Waals surface area contributed by atoms with Gasteiger partial charge in [-0.3, -0.25) is 4.98 Å². The van der Waals surface area contributed by atoms with E-state index in [9.17, 15) is 0 Å². The number of likely N-dealkylation sites (N-methyl/N-ethyl adjacent to an activating group) is 1. The first-order valence-corrected chi connectivity index (χ1v) is 5.35. The third-order valence-corrected chi connectivity index (χ3v) is 2.31. The molecule has 0 unspecified atom stereocenters. The van der Waals surface area contributed by atoms with E-state index in [4.69, 9.17) is 0 Å². The molecule has 1 aliphatic rings. The molecule has 0 aromatic carbocycles.